The van der Waals surface area contributed by atoms with Crippen molar-refractivity contribution < 1.29 is 34.5 Å². The summed E-state index contributed by atoms with van der Waals surface area (Å²) in [7, 11) is 0. The number of nitrogens with one attached hydrogen (secondary N) is 3. The number of aliphatic carboxylic acids is 1. The summed E-state index contributed by atoms with van der Waals surface area (Å²) in [4.78, 5) is 50.4. The molecule has 0 saturated heterocycles. The smallest absolute Gasteiger partial charge is 0.326 e. The molecule has 0 radical (unpaired) electrons. The largest absolute Gasteiger partial charge is 0.508 e. The molecule has 11 nitrogen and oxygen atoms in total. The summed E-state index contributed by atoms with van der Waals surface area (Å²) >= 11 is 0. The molecule has 38 heavy (non-hydrogen) atoms. The van der Waals surface area contributed by atoms with Gasteiger partial charge in [0, 0.05) is 12.8 Å². The maximum Gasteiger partial charge on any atom is 0.326 e. The molecule has 206 valence electrons. The molecule has 0 heterocycles. The van der Waals surface area contributed by atoms with Gasteiger partial charge in [0.2, 0.25) is 17.7 Å². The van der Waals surface area contributed by atoms with Crippen molar-refractivity contribution in [2.75, 3.05) is 6.61 Å². The molecule has 0 fully saturated rings. The van der Waals surface area contributed by atoms with Crippen LogP contribution >= 0.6 is 0 Å². The fourth-order valence-corrected chi connectivity index (χ4v) is 3.65. The third-order valence-electron chi connectivity index (χ3n) is 6.28. The number of benzene rings is 2. The summed E-state index contributed by atoms with van der Waals surface area (Å²) < 4.78 is 0. The van der Waals surface area contributed by atoms with E-state index in [0.717, 1.165) is 5.56 Å². The fraction of sp³-hybridized carbons (Fsp3) is 0.407. The fourth-order valence-electron chi connectivity index (χ4n) is 3.65. The van der Waals surface area contributed by atoms with Crippen molar-refractivity contribution >= 4 is 23.7 Å². The Morgan fingerprint density at radius 2 is 1.29 bits per heavy atom. The number of hydrogen-bond donors (Lipinski definition) is 7. The summed E-state index contributed by atoms with van der Waals surface area (Å²) in [5, 5.41) is 36.2. The average molecular weight is 529 g/mol. The second kappa shape index (κ2) is 14.7. The van der Waals surface area contributed by atoms with Gasteiger partial charge in [-0.2, -0.15) is 0 Å². The topological polar surface area (TPSA) is 191 Å². The van der Waals surface area contributed by atoms with Crippen molar-refractivity contribution in [2.24, 2.45) is 11.7 Å². The number of aliphatic hydroxyl groups is 1. The second-order valence-electron chi connectivity index (χ2n) is 9.18. The number of carboxylic acid groups (broad SMARTS) is 1. The molecular weight excluding hydrogens is 492 g/mol. The number of carbonyl (C=O) groups is 4. The van der Waals surface area contributed by atoms with Crippen LogP contribution < -0.4 is 21.7 Å². The Hall–Kier alpha value is -3.96. The third kappa shape index (κ3) is 9.16. The predicted octanol–water partition coefficient (Wildman–Crippen LogP) is 0.0821. The first kappa shape index (κ1) is 30.3. The van der Waals surface area contributed by atoms with E-state index in [1.165, 1.54) is 24.3 Å². The van der Waals surface area contributed by atoms with E-state index in [1.807, 2.05) is 13.8 Å². The number of hydrogen-bond acceptors (Lipinski definition) is 7. The highest BCUT2D eigenvalue weighted by molar-refractivity contribution is 5.94. The molecule has 8 N–H and O–H groups in total. The third-order valence-corrected chi connectivity index (χ3v) is 6.28. The lowest BCUT2D eigenvalue weighted by molar-refractivity contribution is -0.142. The van der Waals surface area contributed by atoms with E-state index in [1.54, 1.807) is 30.3 Å². The van der Waals surface area contributed by atoms with Gasteiger partial charge in [0.25, 0.3) is 0 Å². The average Bonchev–Trinajstić information content (AvgIpc) is 2.91. The molecule has 0 bridgehead atoms. The van der Waals surface area contributed by atoms with Gasteiger partial charge in [-0.25, -0.2) is 4.79 Å². The number of rotatable bonds is 14. The Morgan fingerprint density at radius 1 is 0.789 bits per heavy atom. The van der Waals surface area contributed by atoms with Crippen molar-refractivity contribution in [1.82, 2.24) is 16.0 Å². The van der Waals surface area contributed by atoms with E-state index in [0.29, 0.717) is 12.0 Å². The maximum absolute atomic E-state index is 13.2. The molecule has 0 aliphatic rings. The molecule has 3 amide bonds. The molecule has 0 aliphatic heterocycles. The maximum atomic E-state index is 13.2. The SMILES string of the molecule is CCC(C)C(N)C(=O)NC(Cc1ccccc1)C(=O)NC(CO)C(=O)NC(Cc1ccc(O)cc1)C(=O)O. The van der Waals surface area contributed by atoms with E-state index in [2.05, 4.69) is 16.0 Å². The summed E-state index contributed by atoms with van der Waals surface area (Å²) in [5.41, 5.74) is 7.32. The van der Waals surface area contributed by atoms with Crippen LogP contribution in [0.15, 0.2) is 54.6 Å². The molecule has 5 atom stereocenters. The molecule has 0 saturated carbocycles. The number of phenols is 1. The molecular formula is C27H36N4O7. The lowest BCUT2D eigenvalue weighted by Gasteiger charge is -2.25. The zero-order valence-electron chi connectivity index (χ0n) is 21.5. The van der Waals surface area contributed by atoms with Gasteiger partial charge >= 0.3 is 5.97 Å². The Kier molecular flexibility index (Phi) is 11.7. The van der Waals surface area contributed by atoms with Gasteiger partial charge in [0.1, 0.15) is 23.9 Å². The minimum absolute atomic E-state index is 0.00923. The highest BCUT2D eigenvalue weighted by Gasteiger charge is 2.31. The van der Waals surface area contributed by atoms with Gasteiger partial charge in [0.05, 0.1) is 12.6 Å². The Balaban J connectivity index is 2.14. The lowest BCUT2D eigenvalue weighted by atomic mass is 9.98. The minimum atomic E-state index is -1.47. The van der Waals surface area contributed by atoms with Crippen LogP contribution in [-0.4, -0.2) is 69.8 Å². The second-order valence-corrected chi connectivity index (χ2v) is 9.18. The number of aromatic hydroxyl groups is 1. The molecule has 11 heteroatoms. The molecule has 5 unspecified atom stereocenters. The first-order valence-corrected chi connectivity index (χ1v) is 12.4. The summed E-state index contributed by atoms with van der Waals surface area (Å²) in [5.74, 6) is -3.61. The summed E-state index contributed by atoms with van der Waals surface area (Å²) in [6, 6.07) is 9.95. The van der Waals surface area contributed by atoms with Crippen molar-refractivity contribution in [3.8, 4) is 5.75 Å². The summed E-state index contributed by atoms with van der Waals surface area (Å²) in [6.07, 6.45) is 0.670. The van der Waals surface area contributed by atoms with Crippen LogP contribution in [0.1, 0.15) is 31.4 Å². The first-order valence-electron chi connectivity index (χ1n) is 12.4. The molecule has 0 spiro atoms. The highest BCUT2D eigenvalue weighted by atomic mass is 16.4. The van der Waals surface area contributed by atoms with Crippen molar-refractivity contribution in [2.45, 2.75) is 57.3 Å². The van der Waals surface area contributed by atoms with Gasteiger partial charge in [-0.05, 0) is 29.2 Å². The molecule has 2 aromatic rings. The Bertz CT molecular complexity index is 1080. The molecule has 0 aromatic heterocycles. The quantitative estimate of drug-likeness (QED) is 0.179. The van der Waals surface area contributed by atoms with Gasteiger partial charge in [0.15, 0.2) is 0 Å². The number of carbonyl (C=O) groups excluding carboxylic acids is 3. The predicted molar refractivity (Wildman–Crippen MR) is 140 cm³/mol. The monoisotopic (exact) mass is 528 g/mol. The minimum Gasteiger partial charge on any atom is -0.508 e. The highest BCUT2D eigenvalue weighted by Crippen LogP contribution is 2.12. The Morgan fingerprint density at radius 3 is 1.84 bits per heavy atom. The van der Waals surface area contributed by atoms with E-state index in [-0.39, 0.29) is 24.5 Å². The number of nitrogens with two attached hydrogens (primary N) is 1. The van der Waals surface area contributed by atoms with Crippen LogP contribution in [0.2, 0.25) is 0 Å². The molecule has 2 rings (SSSR count). The van der Waals surface area contributed by atoms with E-state index < -0.39 is 54.5 Å². The van der Waals surface area contributed by atoms with E-state index in [4.69, 9.17) is 5.73 Å². The normalized spacial score (nSPS) is 14.8. The number of amides is 3. The van der Waals surface area contributed by atoms with Crippen molar-refractivity contribution in [3.05, 3.63) is 65.7 Å². The number of phenolic OH excluding ortho intramolecular Hbond substituents is 1. The van der Waals surface area contributed by atoms with Gasteiger partial charge in [-0.15, -0.1) is 0 Å². The lowest BCUT2D eigenvalue weighted by Crippen LogP contribution is -2.59. The standard InChI is InChI=1S/C27H36N4O7/c1-3-16(2)23(28)26(36)29-20(13-17-7-5-4-6-8-17)24(34)31-22(15-32)25(35)30-21(27(37)38)14-18-9-11-19(33)12-10-18/h4-12,16,20-23,32-33H,3,13-15,28H2,1-2H3,(H,29,36)(H,30,35)(H,31,34)(H,37,38). The molecule has 2 aromatic carbocycles. The van der Waals surface area contributed by atoms with Gasteiger partial charge in [-0.1, -0.05) is 62.7 Å². The van der Waals surface area contributed by atoms with Gasteiger partial charge < -0.3 is 37.0 Å². The van der Waals surface area contributed by atoms with Crippen LogP contribution in [0.25, 0.3) is 0 Å². The van der Waals surface area contributed by atoms with Crippen molar-refractivity contribution in [3.63, 3.8) is 0 Å². The van der Waals surface area contributed by atoms with Gasteiger partial charge in [-0.3, -0.25) is 14.4 Å². The molecule has 0 aliphatic carbocycles. The van der Waals surface area contributed by atoms with Crippen molar-refractivity contribution in [1.29, 1.82) is 0 Å². The van der Waals surface area contributed by atoms with Crippen LogP contribution in [-0.2, 0) is 32.0 Å². The zero-order valence-corrected chi connectivity index (χ0v) is 21.5. The first-order chi connectivity index (χ1) is 18.0. The summed E-state index contributed by atoms with van der Waals surface area (Å²) in [6.45, 7) is 2.91. The number of carboxylic acids is 1. The van der Waals surface area contributed by atoms with E-state index in [9.17, 15) is 34.5 Å². The van der Waals surface area contributed by atoms with E-state index >= 15 is 0 Å². The van der Waals surface area contributed by atoms with Crippen LogP contribution in [0.5, 0.6) is 5.75 Å². The van der Waals surface area contributed by atoms with Crippen LogP contribution in [0.3, 0.4) is 0 Å². The number of aliphatic hydroxyl groups excluding tert-OH is 1. The zero-order chi connectivity index (χ0) is 28.2. The Labute approximate surface area is 221 Å². The van der Waals surface area contributed by atoms with Crippen LogP contribution in [0, 0.1) is 5.92 Å². The van der Waals surface area contributed by atoms with Crippen LogP contribution in [0.4, 0.5) is 0 Å².